The van der Waals surface area contributed by atoms with E-state index in [0.717, 1.165) is 24.2 Å². The minimum absolute atomic E-state index is 0.0620. The van der Waals surface area contributed by atoms with Crippen LogP contribution in [0.15, 0.2) is 48.8 Å². The maximum Gasteiger partial charge on any atom is 0.241 e. The third-order valence-electron chi connectivity index (χ3n) is 5.44. The second kappa shape index (κ2) is 6.25. The van der Waals surface area contributed by atoms with Gasteiger partial charge in [-0.25, -0.2) is 4.98 Å². The Kier molecular flexibility index (Phi) is 4.04. The highest BCUT2D eigenvalue weighted by atomic mass is 16.2. The van der Waals surface area contributed by atoms with Crippen molar-refractivity contribution >= 4 is 11.6 Å². The molecule has 0 unspecified atom stereocenters. The summed E-state index contributed by atoms with van der Waals surface area (Å²) in [5, 5.41) is 3.12. The minimum atomic E-state index is -0.528. The topological polar surface area (TPSA) is 49.6 Å². The summed E-state index contributed by atoms with van der Waals surface area (Å²) in [7, 11) is 3.97. The molecule has 2 heterocycles. The first-order valence-electron chi connectivity index (χ1n) is 8.95. The third-order valence-corrected chi connectivity index (χ3v) is 5.44. The standard InChI is InChI=1S/C21H24N4O/c1-15-8-9-19-23-18(14-25(19)13-15)12-22-20(26)21(24(2)3)10-16-6-4-5-7-17(16)11-21/h4-9,13-14H,10-12H2,1-3H3,(H,22,26). The molecule has 0 atom stereocenters. The molecule has 1 aliphatic rings. The Bertz CT molecular complexity index is 948. The van der Waals surface area contributed by atoms with Crippen molar-refractivity contribution in [2.75, 3.05) is 14.1 Å². The molecule has 26 heavy (non-hydrogen) atoms. The van der Waals surface area contributed by atoms with Crippen molar-refractivity contribution in [1.82, 2.24) is 19.6 Å². The predicted octanol–water partition coefficient (Wildman–Crippen LogP) is 2.36. The number of hydrogen-bond acceptors (Lipinski definition) is 3. The highest BCUT2D eigenvalue weighted by Crippen LogP contribution is 2.33. The van der Waals surface area contributed by atoms with Crippen molar-refractivity contribution in [2.24, 2.45) is 0 Å². The Morgan fingerprint density at radius 2 is 1.85 bits per heavy atom. The van der Waals surface area contributed by atoms with Gasteiger partial charge in [0.25, 0.3) is 0 Å². The molecule has 0 bridgehead atoms. The summed E-state index contributed by atoms with van der Waals surface area (Å²) in [5.74, 6) is 0.0620. The van der Waals surface area contributed by atoms with Gasteiger partial charge in [0.05, 0.1) is 12.2 Å². The highest BCUT2D eigenvalue weighted by Gasteiger charge is 2.45. The van der Waals surface area contributed by atoms with Crippen molar-refractivity contribution in [1.29, 1.82) is 0 Å². The summed E-state index contributed by atoms with van der Waals surface area (Å²) >= 11 is 0. The van der Waals surface area contributed by atoms with E-state index >= 15 is 0 Å². The van der Waals surface area contributed by atoms with Crippen LogP contribution in [0.1, 0.15) is 22.4 Å². The van der Waals surface area contributed by atoms with Gasteiger partial charge in [0.2, 0.25) is 5.91 Å². The summed E-state index contributed by atoms with van der Waals surface area (Å²) in [6, 6.07) is 12.4. The second-order valence-corrected chi connectivity index (χ2v) is 7.44. The number of rotatable bonds is 4. The SMILES string of the molecule is Cc1ccc2nc(CNC(=O)C3(N(C)C)Cc4ccccc4C3)cn2c1. The van der Waals surface area contributed by atoms with Gasteiger partial charge in [-0.05, 0) is 43.8 Å². The number of amides is 1. The number of benzene rings is 1. The van der Waals surface area contributed by atoms with Crippen molar-refractivity contribution in [3.8, 4) is 0 Å². The van der Waals surface area contributed by atoms with E-state index in [-0.39, 0.29) is 5.91 Å². The first-order valence-corrected chi connectivity index (χ1v) is 8.95. The lowest BCUT2D eigenvalue weighted by molar-refractivity contribution is -0.131. The molecule has 2 aromatic heterocycles. The van der Waals surface area contributed by atoms with Crippen LogP contribution in [0.3, 0.4) is 0 Å². The second-order valence-electron chi connectivity index (χ2n) is 7.44. The Morgan fingerprint density at radius 3 is 2.50 bits per heavy atom. The zero-order valence-electron chi connectivity index (χ0n) is 15.5. The number of carbonyl (C=O) groups is 1. The lowest BCUT2D eigenvalue weighted by Crippen LogP contribution is -2.56. The van der Waals surface area contributed by atoms with E-state index in [4.69, 9.17) is 0 Å². The highest BCUT2D eigenvalue weighted by molar-refractivity contribution is 5.88. The lowest BCUT2D eigenvalue weighted by Gasteiger charge is -2.34. The number of aryl methyl sites for hydroxylation is 1. The molecule has 1 aliphatic carbocycles. The van der Waals surface area contributed by atoms with Crippen LogP contribution < -0.4 is 5.32 Å². The number of nitrogens with zero attached hydrogens (tertiary/aromatic N) is 3. The number of aromatic nitrogens is 2. The molecule has 0 radical (unpaired) electrons. The summed E-state index contributed by atoms with van der Waals surface area (Å²) < 4.78 is 2.00. The largest absolute Gasteiger partial charge is 0.349 e. The molecular weight excluding hydrogens is 324 g/mol. The van der Waals surface area contributed by atoms with Gasteiger partial charge in [-0.3, -0.25) is 9.69 Å². The van der Waals surface area contributed by atoms with Crippen LogP contribution in [0.5, 0.6) is 0 Å². The molecule has 134 valence electrons. The van der Waals surface area contributed by atoms with Crippen LogP contribution >= 0.6 is 0 Å². The van der Waals surface area contributed by atoms with E-state index < -0.39 is 5.54 Å². The molecule has 5 heteroatoms. The summed E-state index contributed by atoms with van der Waals surface area (Å²) in [5.41, 5.74) is 4.95. The van der Waals surface area contributed by atoms with Crippen molar-refractivity contribution in [3.63, 3.8) is 0 Å². The number of hydrogen-bond donors (Lipinski definition) is 1. The molecule has 5 nitrogen and oxygen atoms in total. The van der Waals surface area contributed by atoms with Gasteiger partial charge in [0, 0.05) is 25.2 Å². The Balaban J connectivity index is 1.52. The van der Waals surface area contributed by atoms with E-state index in [1.165, 1.54) is 16.7 Å². The fourth-order valence-electron chi connectivity index (χ4n) is 3.85. The van der Waals surface area contributed by atoms with Gasteiger partial charge < -0.3 is 9.72 Å². The molecule has 0 spiro atoms. The molecule has 4 rings (SSSR count). The molecule has 0 saturated heterocycles. The molecule has 3 aromatic rings. The normalized spacial score (nSPS) is 15.4. The van der Waals surface area contributed by atoms with Crippen LogP contribution in [0.25, 0.3) is 5.65 Å². The van der Waals surface area contributed by atoms with E-state index in [1.807, 2.05) is 55.2 Å². The van der Waals surface area contributed by atoms with Crippen LogP contribution in [0.2, 0.25) is 0 Å². The third kappa shape index (κ3) is 2.78. The Hall–Kier alpha value is -2.66. The zero-order valence-corrected chi connectivity index (χ0v) is 15.5. The zero-order chi connectivity index (χ0) is 18.3. The van der Waals surface area contributed by atoms with Crippen molar-refractivity contribution < 1.29 is 4.79 Å². The van der Waals surface area contributed by atoms with Crippen molar-refractivity contribution in [3.05, 3.63) is 71.2 Å². The molecule has 1 amide bonds. The maximum absolute atomic E-state index is 13.1. The quantitative estimate of drug-likeness (QED) is 0.787. The van der Waals surface area contributed by atoms with Crippen LogP contribution in [-0.4, -0.2) is 39.8 Å². The van der Waals surface area contributed by atoms with Gasteiger partial charge in [0.1, 0.15) is 11.2 Å². The van der Waals surface area contributed by atoms with E-state index in [0.29, 0.717) is 6.54 Å². The van der Waals surface area contributed by atoms with Crippen molar-refractivity contribution in [2.45, 2.75) is 31.8 Å². The first-order chi connectivity index (χ1) is 12.5. The number of nitrogens with one attached hydrogen (secondary N) is 1. The molecule has 1 aromatic carbocycles. The minimum Gasteiger partial charge on any atom is -0.349 e. The fourth-order valence-corrected chi connectivity index (χ4v) is 3.85. The van der Waals surface area contributed by atoms with E-state index in [1.54, 1.807) is 0 Å². The summed E-state index contributed by atoms with van der Waals surface area (Å²) in [6.07, 6.45) is 5.51. The van der Waals surface area contributed by atoms with Crippen LogP contribution in [-0.2, 0) is 24.2 Å². The average molecular weight is 348 g/mol. The summed E-state index contributed by atoms with van der Waals surface area (Å²) in [4.78, 5) is 19.8. The Morgan fingerprint density at radius 1 is 1.15 bits per heavy atom. The van der Waals surface area contributed by atoms with Crippen LogP contribution in [0, 0.1) is 6.92 Å². The number of carbonyl (C=O) groups excluding carboxylic acids is 1. The molecule has 0 saturated carbocycles. The average Bonchev–Trinajstić information content (AvgIpc) is 3.20. The maximum atomic E-state index is 13.1. The number of pyridine rings is 1. The van der Waals surface area contributed by atoms with Gasteiger partial charge in [-0.15, -0.1) is 0 Å². The number of fused-ring (bicyclic) bond motifs is 2. The first kappa shape index (κ1) is 16.8. The fraction of sp³-hybridized carbons (Fsp3) is 0.333. The van der Waals surface area contributed by atoms with E-state index in [2.05, 4.69) is 34.3 Å². The van der Waals surface area contributed by atoms with Gasteiger partial charge in [0.15, 0.2) is 0 Å². The van der Waals surface area contributed by atoms with Crippen LogP contribution in [0.4, 0.5) is 0 Å². The monoisotopic (exact) mass is 348 g/mol. The van der Waals surface area contributed by atoms with Gasteiger partial charge in [-0.2, -0.15) is 0 Å². The van der Waals surface area contributed by atoms with E-state index in [9.17, 15) is 4.79 Å². The molecular formula is C21H24N4O. The summed E-state index contributed by atoms with van der Waals surface area (Å²) in [6.45, 7) is 2.49. The predicted molar refractivity (Wildman–Crippen MR) is 102 cm³/mol. The molecule has 0 aliphatic heterocycles. The molecule has 0 fully saturated rings. The Labute approximate surface area is 153 Å². The number of imidazole rings is 1. The lowest BCUT2D eigenvalue weighted by atomic mass is 9.93. The smallest absolute Gasteiger partial charge is 0.241 e. The number of likely N-dealkylation sites (N-methyl/N-ethyl adjacent to an activating group) is 1. The van der Waals surface area contributed by atoms with Gasteiger partial charge in [-0.1, -0.05) is 30.3 Å². The molecule has 1 N–H and O–H groups in total. The van der Waals surface area contributed by atoms with Gasteiger partial charge >= 0.3 is 0 Å².